The molecule has 0 saturated carbocycles. The van der Waals surface area contributed by atoms with Crippen LogP contribution in [0.3, 0.4) is 0 Å². The maximum atomic E-state index is 13.0. The number of nitrogen functional groups attached to an aromatic ring is 1. The summed E-state index contributed by atoms with van der Waals surface area (Å²) in [6.45, 7) is 6.55. The van der Waals surface area contributed by atoms with Gasteiger partial charge in [0, 0.05) is 6.42 Å². The van der Waals surface area contributed by atoms with Crippen molar-refractivity contribution in [3.05, 3.63) is 6.33 Å². The molecule has 3 heterocycles. The molecule has 1 fully saturated rings. The van der Waals surface area contributed by atoms with Crippen LogP contribution in [0.25, 0.3) is 11.2 Å². The Bertz CT molecular complexity index is 1060. The highest BCUT2D eigenvalue weighted by Gasteiger charge is 2.51. The number of imidazole rings is 1. The van der Waals surface area contributed by atoms with E-state index in [1.807, 2.05) is 0 Å². The number of ether oxygens (including phenoxy) is 2. The number of fused-ring (bicyclic) bond motifs is 1. The van der Waals surface area contributed by atoms with Crippen molar-refractivity contribution in [2.45, 2.75) is 88.9 Å². The van der Waals surface area contributed by atoms with Gasteiger partial charge in [-0.15, -0.1) is 0 Å². The molecule has 3 rings (SSSR count). The SMILES string of the molecule is CCC(C)(CC1OC(n2cnc3c(OC)nc(N)nc32)C(O)C1O)OP(=O)(O)C(O)(CC)CC. The van der Waals surface area contributed by atoms with E-state index in [1.54, 1.807) is 27.7 Å². The highest BCUT2D eigenvalue weighted by Crippen LogP contribution is 2.60. The maximum absolute atomic E-state index is 13.0. The molecular weight excluding hydrogens is 469 g/mol. The van der Waals surface area contributed by atoms with Crippen molar-refractivity contribution in [2.75, 3.05) is 12.8 Å². The highest BCUT2D eigenvalue weighted by atomic mass is 31.2. The third-order valence-corrected chi connectivity index (χ3v) is 8.97. The molecular formula is C20H34N5O8P. The summed E-state index contributed by atoms with van der Waals surface area (Å²) >= 11 is 0. The lowest BCUT2D eigenvalue weighted by Crippen LogP contribution is -2.40. The molecule has 1 aliphatic heterocycles. The van der Waals surface area contributed by atoms with Gasteiger partial charge in [-0.05, 0) is 26.2 Å². The summed E-state index contributed by atoms with van der Waals surface area (Å²) < 4.78 is 31.2. The van der Waals surface area contributed by atoms with Crippen LogP contribution in [0.2, 0.25) is 0 Å². The number of aromatic nitrogens is 4. The van der Waals surface area contributed by atoms with Crippen LogP contribution in [0.5, 0.6) is 5.88 Å². The monoisotopic (exact) mass is 503 g/mol. The van der Waals surface area contributed by atoms with Gasteiger partial charge >= 0.3 is 7.60 Å². The van der Waals surface area contributed by atoms with Gasteiger partial charge in [-0.2, -0.15) is 9.97 Å². The third-order valence-electron chi connectivity index (χ3n) is 6.59. The summed E-state index contributed by atoms with van der Waals surface area (Å²) in [5, 5.41) is 30.2. The zero-order valence-corrected chi connectivity index (χ0v) is 20.8. The van der Waals surface area contributed by atoms with E-state index >= 15 is 0 Å². The second-order valence-corrected chi connectivity index (χ2v) is 10.8. The third kappa shape index (κ3) is 4.66. The molecule has 34 heavy (non-hydrogen) atoms. The first-order valence-corrected chi connectivity index (χ1v) is 12.7. The summed E-state index contributed by atoms with van der Waals surface area (Å²) in [6, 6.07) is 0. The second kappa shape index (κ2) is 9.65. The summed E-state index contributed by atoms with van der Waals surface area (Å²) in [4.78, 5) is 22.9. The Morgan fingerprint density at radius 2 is 1.85 bits per heavy atom. The lowest BCUT2D eigenvalue weighted by atomic mass is 9.93. The Hall–Kier alpha value is -1.86. The van der Waals surface area contributed by atoms with Crippen molar-refractivity contribution < 1.29 is 38.8 Å². The Morgan fingerprint density at radius 3 is 2.41 bits per heavy atom. The topological polar surface area (TPSA) is 195 Å². The first-order chi connectivity index (χ1) is 15.8. The first kappa shape index (κ1) is 26.7. The number of hydrogen-bond acceptors (Lipinski definition) is 11. The molecule has 2 aromatic rings. The summed E-state index contributed by atoms with van der Waals surface area (Å²) in [7, 11) is -3.05. The van der Waals surface area contributed by atoms with Gasteiger partial charge in [-0.25, -0.2) is 4.98 Å². The zero-order valence-electron chi connectivity index (χ0n) is 20.0. The molecule has 0 radical (unpaired) electrons. The van der Waals surface area contributed by atoms with Crippen LogP contribution in [0.1, 0.15) is 59.6 Å². The van der Waals surface area contributed by atoms with E-state index in [0.717, 1.165) is 0 Å². The van der Waals surface area contributed by atoms with Crippen molar-refractivity contribution >= 4 is 24.7 Å². The summed E-state index contributed by atoms with van der Waals surface area (Å²) in [5.74, 6) is 0.0801. The first-order valence-electron chi connectivity index (χ1n) is 11.2. The Balaban J connectivity index is 1.87. The van der Waals surface area contributed by atoms with Crippen molar-refractivity contribution in [3.8, 4) is 5.88 Å². The van der Waals surface area contributed by atoms with Gasteiger partial charge in [-0.1, -0.05) is 20.8 Å². The Labute approximate surface area is 197 Å². The van der Waals surface area contributed by atoms with Crippen LogP contribution in [0.15, 0.2) is 6.33 Å². The smallest absolute Gasteiger partial charge is 0.359 e. The summed E-state index contributed by atoms with van der Waals surface area (Å²) in [6.07, 6.45) is -3.06. The average molecular weight is 503 g/mol. The fourth-order valence-corrected chi connectivity index (χ4v) is 5.84. The summed E-state index contributed by atoms with van der Waals surface area (Å²) in [5.41, 5.74) is 5.05. The minimum Gasteiger partial charge on any atom is -0.479 e. The molecule has 192 valence electrons. The number of aliphatic hydroxyl groups excluding tert-OH is 2. The van der Waals surface area contributed by atoms with Crippen LogP contribution in [0, 0.1) is 0 Å². The second-order valence-electron chi connectivity index (χ2n) is 8.77. The molecule has 1 saturated heterocycles. The van der Waals surface area contributed by atoms with Gasteiger partial charge in [0.15, 0.2) is 22.7 Å². The number of aliphatic hydroxyl groups is 3. The van der Waals surface area contributed by atoms with Crippen LogP contribution in [0.4, 0.5) is 5.95 Å². The van der Waals surface area contributed by atoms with Crippen LogP contribution in [-0.2, 0) is 13.8 Å². The van der Waals surface area contributed by atoms with Gasteiger partial charge < -0.3 is 39.9 Å². The number of anilines is 1. The molecule has 0 amide bonds. The minimum absolute atomic E-state index is 0.0284. The normalized spacial score (nSPS) is 27.0. The highest BCUT2D eigenvalue weighted by molar-refractivity contribution is 7.54. The largest absolute Gasteiger partial charge is 0.479 e. The van der Waals surface area contributed by atoms with E-state index in [-0.39, 0.29) is 43.2 Å². The quantitative estimate of drug-likeness (QED) is 0.292. The molecule has 6 unspecified atom stereocenters. The number of rotatable bonds is 10. The van der Waals surface area contributed by atoms with Gasteiger partial charge in [0.2, 0.25) is 11.8 Å². The number of hydrogen-bond donors (Lipinski definition) is 5. The standard InChI is InChI=1S/C20H34N5O8P/c1-6-19(4,33-34(29,30)20(28,7-2)8-3)9-11-13(26)14(27)17(32-11)25-10-22-12-15(25)23-18(21)24-16(12)31-5/h10-11,13-14,17,26-28H,6-9H2,1-5H3,(H,29,30)(H2,21,23,24). The minimum atomic E-state index is -4.46. The molecule has 13 nitrogen and oxygen atoms in total. The van der Waals surface area contributed by atoms with E-state index in [2.05, 4.69) is 15.0 Å². The molecule has 2 aromatic heterocycles. The van der Waals surface area contributed by atoms with Gasteiger partial charge in [0.05, 0.1) is 25.1 Å². The molecule has 6 atom stereocenters. The molecule has 0 bridgehead atoms. The predicted molar refractivity (Wildman–Crippen MR) is 122 cm³/mol. The van der Waals surface area contributed by atoms with Crippen LogP contribution < -0.4 is 10.5 Å². The fraction of sp³-hybridized carbons (Fsp3) is 0.750. The number of nitrogens with zero attached hydrogens (tertiary/aromatic N) is 4. The van der Waals surface area contributed by atoms with Gasteiger partial charge in [0.1, 0.15) is 12.2 Å². The van der Waals surface area contributed by atoms with Crippen LogP contribution >= 0.6 is 7.60 Å². The number of methoxy groups -OCH3 is 1. The Kier molecular flexibility index (Phi) is 7.59. The van der Waals surface area contributed by atoms with Crippen molar-refractivity contribution in [1.82, 2.24) is 19.5 Å². The number of nitrogens with two attached hydrogens (primary N) is 1. The lowest BCUT2D eigenvalue weighted by Gasteiger charge is -2.38. The fourth-order valence-electron chi connectivity index (χ4n) is 4.07. The molecule has 6 N–H and O–H groups in total. The molecule has 14 heteroatoms. The van der Waals surface area contributed by atoms with Gasteiger partial charge in [0.25, 0.3) is 0 Å². The van der Waals surface area contributed by atoms with Crippen molar-refractivity contribution in [2.24, 2.45) is 0 Å². The Morgan fingerprint density at radius 1 is 1.21 bits per heavy atom. The van der Waals surface area contributed by atoms with E-state index in [1.165, 1.54) is 18.0 Å². The van der Waals surface area contributed by atoms with E-state index in [9.17, 15) is 24.8 Å². The average Bonchev–Trinajstić information content (AvgIpc) is 3.33. The van der Waals surface area contributed by atoms with E-state index < -0.39 is 43.1 Å². The van der Waals surface area contributed by atoms with Crippen molar-refractivity contribution in [3.63, 3.8) is 0 Å². The van der Waals surface area contributed by atoms with Crippen LogP contribution in [-0.4, -0.2) is 76.1 Å². The molecule has 0 aliphatic carbocycles. The van der Waals surface area contributed by atoms with Gasteiger partial charge in [-0.3, -0.25) is 9.13 Å². The molecule has 0 aromatic carbocycles. The molecule has 1 aliphatic rings. The predicted octanol–water partition coefficient (Wildman–Crippen LogP) is 1.31. The van der Waals surface area contributed by atoms with Crippen molar-refractivity contribution in [1.29, 1.82) is 0 Å². The molecule has 0 spiro atoms. The lowest BCUT2D eigenvalue weighted by molar-refractivity contribution is -0.0696. The zero-order chi connectivity index (χ0) is 25.5. The maximum Gasteiger partial charge on any atom is 0.359 e. The van der Waals surface area contributed by atoms with E-state index in [4.69, 9.17) is 19.7 Å². The van der Waals surface area contributed by atoms with E-state index in [0.29, 0.717) is 5.52 Å².